The standard InChI is InChI=1S/C14H21FN2O2/c1-10(2)17(8-4-7-16)14(18)12-6-5-11(19-3)9-13(12)15/h5-6,9-10H,4,7-8,16H2,1-3H3. The number of carbonyl (C=O) groups is 1. The fourth-order valence-electron chi connectivity index (χ4n) is 1.81. The normalized spacial score (nSPS) is 10.6. The number of nitrogens with two attached hydrogens (primary N) is 1. The van der Waals surface area contributed by atoms with Crippen LogP contribution in [0.1, 0.15) is 30.6 Å². The van der Waals surface area contributed by atoms with Crippen LogP contribution in [0.15, 0.2) is 18.2 Å². The van der Waals surface area contributed by atoms with Crippen molar-refractivity contribution in [2.75, 3.05) is 20.2 Å². The Bertz CT molecular complexity index is 435. The number of rotatable bonds is 6. The summed E-state index contributed by atoms with van der Waals surface area (Å²) < 4.78 is 18.8. The van der Waals surface area contributed by atoms with Gasteiger partial charge in [-0.2, -0.15) is 0 Å². The molecule has 1 amide bonds. The van der Waals surface area contributed by atoms with Crippen molar-refractivity contribution < 1.29 is 13.9 Å². The van der Waals surface area contributed by atoms with Crippen LogP contribution >= 0.6 is 0 Å². The van der Waals surface area contributed by atoms with Crippen molar-refractivity contribution in [1.82, 2.24) is 4.90 Å². The molecule has 2 N–H and O–H groups in total. The van der Waals surface area contributed by atoms with Gasteiger partial charge < -0.3 is 15.4 Å². The minimum Gasteiger partial charge on any atom is -0.497 e. The van der Waals surface area contributed by atoms with Gasteiger partial charge in [0.2, 0.25) is 0 Å². The predicted molar refractivity (Wildman–Crippen MR) is 72.8 cm³/mol. The van der Waals surface area contributed by atoms with Gasteiger partial charge in [0.15, 0.2) is 0 Å². The molecule has 0 aromatic heterocycles. The Morgan fingerprint density at radius 3 is 2.63 bits per heavy atom. The first-order chi connectivity index (χ1) is 9.01. The SMILES string of the molecule is COc1ccc(C(=O)N(CCCN)C(C)C)c(F)c1. The van der Waals surface area contributed by atoms with Crippen molar-refractivity contribution in [3.05, 3.63) is 29.6 Å². The summed E-state index contributed by atoms with van der Waals surface area (Å²) in [7, 11) is 1.46. The van der Waals surface area contributed by atoms with Gasteiger partial charge in [-0.05, 0) is 38.9 Å². The Labute approximate surface area is 113 Å². The van der Waals surface area contributed by atoms with E-state index in [-0.39, 0.29) is 17.5 Å². The number of ether oxygens (including phenoxy) is 1. The molecule has 0 atom stereocenters. The lowest BCUT2D eigenvalue weighted by atomic mass is 10.1. The molecule has 5 heteroatoms. The number of hydrogen-bond acceptors (Lipinski definition) is 3. The summed E-state index contributed by atoms with van der Waals surface area (Å²) in [6.45, 7) is 4.83. The van der Waals surface area contributed by atoms with Crippen LogP contribution in [-0.4, -0.2) is 37.0 Å². The quantitative estimate of drug-likeness (QED) is 0.859. The second kappa shape index (κ2) is 7.09. The molecular formula is C14H21FN2O2. The molecule has 4 nitrogen and oxygen atoms in total. The zero-order valence-corrected chi connectivity index (χ0v) is 11.6. The van der Waals surface area contributed by atoms with Gasteiger partial charge in [-0.15, -0.1) is 0 Å². The maximum absolute atomic E-state index is 13.9. The zero-order valence-electron chi connectivity index (χ0n) is 11.6. The molecular weight excluding hydrogens is 247 g/mol. The lowest BCUT2D eigenvalue weighted by Crippen LogP contribution is -2.38. The molecule has 1 rings (SSSR count). The topological polar surface area (TPSA) is 55.6 Å². The van der Waals surface area contributed by atoms with Crippen LogP contribution < -0.4 is 10.5 Å². The minimum atomic E-state index is -0.567. The maximum atomic E-state index is 13.9. The first kappa shape index (κ1) is 15.4. The molecule has 19 heavy (non-hydrogen) atoms. The van der Waals surface area contributed by atoms with Crippen molar-refractivity contribution in [1.29, 1.82) is 0 Å². The summed E-state index contributed by atoms with van der Waals surface area (Å²) in [5.74, 6) is -0.488. The average Bonchev–Trinajstić information content (AvgIpc) is 2.38. The van der Waals surface area contributed by atoms with E-state index in [2.05, 4.69) is 0 Å². The van der Waals surface area contributed by atoms with Crippen LogP contribution in [-0.2, 0) is 0 Å². The molecule has 0 fully saturated rings. The van der Waals surface area contributed by atoms with E-state index in [1.165, 1.54) is 19.2 Å². The number of amides is 1. The van der Waals surface area contributed by atoms with Crippen LogP contribution in [0.2, 0.25) is 0 Å². The van der Waals surface area contributed by atoms with Gasteiger partial charge in [-0.25, -0.2) is 4.39 Å². The number of nitrogens with zero attached hydrogens (tertiary/aromatic N) is 1. The number of carbonyl (C=O) groups excluding carboxylic acids is 1. The van der Waals surface area contributed by atoms with Crippen molar-refractivity contribution in [2.24, 2.45) is 5.73 Å². The number of methoxy groups -OCH3 is 1. The summed E-state index contributed by atoms with van der Waals surface area (Å²) in [6, 6.07) is 4.25. The zero-order chi connectivity index (χ0) is 14.4. The lowest BCUT2D eigenvalue weighted by molar-refractivity contribution is 0.0700. The van der Waals surface area contributed by atoms with Crippen molar-refractivity contribution in [3.63, 3.8) is 0 Å². The van der Waals surface area contributed by atoms with Gasteiger partial charge >= 0.3 is 0 Å². The van der Waals surface area contributed by atoms with E-state index >= 15 is 0 Å². The summed E-state index contributed by atoms with van der Waals surface area (Å²) in [5, 5.41) is 0. The first-order valence-corrected chi connectivity index (χ1v) is 6.35. The maximum Gasteiger partial charge on any atom is 0.257 e. The van der Waals surface area contributed by atoms with Gasteiger partial charge in [0.05, 0.1) is 12.7 Å². The van der Waals surface area contributed by atoms with Crippen LogP contribution in [0, 0.1) is 5.82 Å². The van der Waals surface area contributed by atoms with E-state index in [0.717, 1.165) is 0 Å². The Hall–Kier alpha value is -1.62. The highest BCUT2D eigenvalue weighted by atomic mass is 19.1. The van der Waals surface area contributed by atoms with Gasteiger partial charge in [0, 0.05) is 18.7 Å². The second-order valence-electron chi connectivity index (χ2n) is 4.58. The van der Waals surface area contributed by atoms with E-state index in [1.807, 2.05) is 13.8 Å². The highest BCUT2D eigenvalue weighted by Gasteiger charge is 2.21. The Kier molecular flexibility index (Phi) is 5.76. The molecule has 0 bridgehead atoms. The first-order valence-electron chi connectivity index (χ1n) is 6.35. The average molecular weight is 268 g/mol. The number of benzene rings is 1. The Morgan fingerprint density at radius 1 is 1.47 bits per heavy atom. The van der Waals surface area contributed by atoms with E-state index in [4.69, 9.17) is 10.5 Å². The van der Waals surface area contributed by atoms with Gasteiger partial charge in [-0.3, -0.25) is 4.79 Å². The molecule has 0 saturated carbocycles. The molecule has 106 valence electrons. The van der Waals surface area contributed by atoms with Crippen LogP contribution in [0.25, 0.3) is 0 Å². The number of hydrogen-bond donors (Lipinski definition) is 1. The van der Waals surface area contributed by atoms with Crippen LogP contribution in [0.3, 0.4) is 0 Å². The third kappa shape index (κ3) is 3.92. The highest BCUT2D eigenvalue weighted by Crippen LogP contribution is 2.18. The molecule has 1 aromatic rings. The Morgan fingerprint density at radius 2 is 2.16 bits per heavy atom. The highest BCUT2D eigenvalue weighted by molar-refractivity contribution is 5.94. The van der Waals surface area contributed by atoms with E-state index in [0.29, 0.717) is 25.3 Å². The largest absolute Gasteiger partial charge is 0.497 e. The molecule has 1 aromatic carbocycles. The van der Waals surface area contributed by atoms with E-state index in [9.17, 15) is 9.18 Å². The van der Waals surface area contributed by atoms with Gasteiger partial charge in [0.1, 0.15) is 11.6 Å². The molecule has 0 aliphatic carbocycles. The van der Waals surface area contributed by atoms with Crippen molar-refractivity contribution >= 4 is 5.91 Å². The molecule has 0 spiro atoms. The second-order valence-corrected chi connectivity index (χ2v) is 4.58. The summed E-state index contributed by atoms with van der Waals surface area (Å²) in [5.41, 5.74) is 5.52. The van der Waals surface area contributed by atoms with Crippen molar-refractivity contribution in [2.45, 2.75) is 26.3 Å². The van der Waals surface area contributed by atoms with E-state index < -0.39 is 5.82 Å². The van der Waals surface area contributed by atoms with E-state index in [1.54, 1.807) is 11.0 Å². The van der Waals surface area contributed by atoms with Gasteiger partial charge in [-0.1, -0.05) is 0 Å². The minimum absolute atomic E-state index is 0.000511. The molecule has 0 unspecified atom stereocenters. The van der Waals surface area contributed by atoms with Crippen molar-refractivity contribution in [3.8, 4) is 5.75 Å². The smallest absolute Gasteiger partial charge is 0.257 e. The van der Waals surface area contributed by atoms with Crippen LogP contribution in [0.4, 0.5) is 4.39 Å². The van der Waals surface area contributed by atoms with Crippen LogP contribution in [0.5, 0.6) is 5.75 Å². The number of halogens is 1. The fraction of sp³-hybridized carbons (Fsp3) is 0.500. The monoisotopic (exact) mass is 268 g/mol. The fourth-order valence-corrected chi connectivity index (χ4v) is 1.81. The molecule has 0 aliphatic heterocycles. The predicted octanol–water partition coefficient (Wildman–Crippen LogP) is 2.03. The molecule has 0 aliphatic rings. The molecule has 0 radical (unpaired) electrons. The summed E-state index contributed by atoms with van der Waals surface area (Å²) in [6.07, 6.45) is 0.696. The Balaban J connectivity index is 2.96. The molecule has 0 heterocycles. The van der Waals surface area contributed by atoms with Gasteiger partial charge in [0.25, 0.3) is 5.91 Å². The third-order valence-electron chi connectivity index (χ3n) is 2.89. The molecule has 0 saturated heterocycles. The lowest BCUT2D eigenvalue weighted by Gasteiger charge is -2.27. The third-order valence-corrected chi connectivity index (χ3v) is 2.89. The summed E-state index contributed by atoms with van der Waals surface area (Å²) in [4.78, 5) is 13.9. The summed E-state index contributed by atoms with van der Waals surface area (Å²) >= 11 is 0.